The molecule has 0 bridgehead atoms. The van der Waals surface area contributed by atoms with Crippen LogP contribution in [0.3, 0.4) is 0 Å². The molecule has 1 aliphatic rings. The number of ether oxygens (including phenoxy) is 1. The van der Waals surface area contributed by atoms with Crippen LogP contribution in [-0.4, -0.2) is 36.7 Å². The zero-order valence-corrected chi connectivity index (χ0v) is 10.7. The van der Waals surface area contributed by atoms with Crippen LogP contribution in [0.4, 0.5) is 0 Å². The minimum atomic E-state index is -0.0470. The number of morpholine rings is 1. The number of hydrogen-bond acceptors (Lipinski definition) is 3. The summed E-state index contributed by atoms with van der Waals surface area (Å²) in [5.74, 6) is 0. The largest absolute Gasteiger partial charge is 0.373 e. The molecule has 0 radical (unpaired) electrons. The molecule has 1 fully saturated rings. The molecule has 1 aliphatic heterocycles. The number of benzene rings is 1. The van der Waals surface area contributed by atoms with Gasteiger partial charge in [-0.2, -0.15) is 0 Å². The predicted octanol–water partition coefficient (Wildman–Crippen LogP) is 1.80. The summed E-state index contributed by atoms with van der Waals surface area (Å²) in [4.78, 5) is 2.39. The Morgan fingerprint density at radius 1 is 1.35 bits per heavy atom. The molecular formula is C14H22N2O. The van der Waals surface area contributed by atoms with Gasteiger partial charge in [-0.15, -0.1) is 0 Å². The predicted molar refractivity (Wildman–Crippen MR) is 69.8 cm³/mol. The Hall–Kier alpha value is -0.900. The first kappa shape index (κ1) is 12.6. The summed E-state index contributed by atoms with van der Waals surface area (Å²) in [6.07, 6.45) is 0. The lowest BCUT2D eigenvalue weighted by atomic mass is 10.0. The van der Waals surface area contributed by atoms with Gasteiger partial charge in [-0.3, -0.25) is 4.90 Å². The van der Waals surface area contributed by atoms with E-state index in [9.17, 15) is 0 Å². The van der Waals surface area contributed by atoms with Crippen molar-refractivity contribution in [3.63, 3.8) is 0 Å². The molecule has 2 rings (SSSR count). The molecule has 1 saturated heterocycles. The maximum absolute atomic E-state index is 6.23. The maximum Gasteiger partial charge on any atom is 0.0753 e. The first-order chi connectivity index (χ1) is 8.07. The molecule has 1 atom stereocenters. The van der Waals surface area contributed by atoms with Crippen molar-refractivity contribution in [1.82, 2.24) is 4.90 Å². The summed E-state index contributed by atoms with van der Waals surface area (Å²) < 4.78 is 5.70. The van der Waals surface area contributed by atoms with Gasteiger partial charge in [0, 0.05) is 25.7 Å². The first-order valence-electron chi connectivity index (χ1n) is 6.24. The van der Waals surface area contributed by atoms with Crippen molar-refractivity contribution < 1.29 is 4.74 Å². The Kier molecular flexibility index (Phi) is 3.82. The highest BCUT2D eigenvalue weighted by Crippen LogP contribution is 2.19. The van der Waals surface area contributed by atoms with E-state index in [-0.39, 0.29) is 11.6 Å². The quantitative estimate of drug-likeness (QED) is 0.866. The average Bonchev–Trinajstić information content (AvgIpc) is 2.29. The van der Waals surface area contributed by atoms with Gasteiger partial charge in [0.1, 0.15) is 0 Å². The summed E-state index contributed by atoms with van der Waals surface area (Å²) >= 11 is 0. The van der Waals surface area contributed by atoms with E-state index < -0.39 is 0 Å². The van der Waals surface area contributed by atoms with Crippen LogP contribution in [0.25, 0.3) is 0 Å². The zero-order valence-electron chi connectivity index (χ0n) is 10.7. The molecular weight excluding hydrogens is 212 g/mol. The van der Waals surface area contributed by atoms with Gasteiger partial charge in [-0.25, -0.2) is 0 Å². The van der Waals surface area contributed by atoms with E-state index in [0.717, 1.165) is 26.2 Å². The molecule has 0 aromatic heterocycles. The van der Waals surface area contributed by atoms with Gasteiger partial charge in [-0.1, -0.05) is 30.3 Å². The molecule has 1 heterocycles. The highest BCUT2D eigenvalue weighted by Gasteiger charge is 2.27. The molecule has 3 heteroatoms. The van der Waals surface area contributed by atoms with Crippen LogP contribution in [0.15, 0.2) is 30.3 Å². The molecule has 1 aromatic carbocycles. The normalized spacial score (nSPS) is 22.3. The third kappa shape index (κ3) is 3.53. The van der Waals surface area contributed by atoms with Gasteiger partial charge in [0.15, 0.2) is 0 Å². The monoisotopic (exact) mass is 234 g/mol. The average molecular weight is 234 g/mol. The van der Waals surface area contributed by atoms with Crippen molar-refractivity contribution in [2.24, 2.45) is 5.73 Å². The van der Waals surface area contributed by atoms with Gasteiger partial charge in [-0.05, 0) is 19.4 Å². The first-order valence-corrected chi connectivity index (χ1v) is 6.24. The molecule has 1 aromatic rings. The van der Waals surface area contributed by atoms with Crippen molar-refractivity contribution in [3.8, 4) is 0 Å². The Bertz CT molecular complexity index is 350. The molecule has 0 unspecified atom stereocenters. The Balaban J connectivity index is 1.93. The minimum Gasteiger partial charge on any atom is -0.373 e. The van der Waals surface area contributed by atoms with Gasteiger partial charge in [0.05, 0.1) is 12.2 Å². The van der Waals surface area contributed by atoms with E-state index in [1.807, 2.05) is 18.2 Å². The van der Waals surface area contributed by atoms with E-state index in [0.29, 0.717) is 0 Å². The SMILES string of the molecule is CC1(C)CN(C[C@H](N)c2ccccc2)CCO1. The van der Waals surface area contributed by atoms with Crippen molar-refractivity contribution >= 4 is 0 Å². The summed E-state index contributed by atoms with van der Waals surface area (Å²) in [6.45, 7) is 7.89. The molecule has 17 heavy (non-hydrogen) atoms. The highest BCUT2D eigenvalue weighted by molar-refractivity contribution is 5.18. The van der Waals surface area contributed by atoms with Crippen LogP contribution in [0.5, 0.6) is 0 Å². The summed E-state index contributed by atoms with van der Waals surface area (Å²) in [6, 6.07) is 10.4. The zero-order chi connectivity index (χ0) is 12.3. The molecule has 0 amide bonds. The third-order valence-corrected chi connectivity index (χ3v) is 3.19. The molecule has 0 saturated carbocycles. The fourth-order valence-electron chi connectivity index (χ4n) is 2.35. The second kappa shape index (κ2) is 5.17. The summed E-state index contributed by atoms with van der Waals surface area (Å²) in [7, 11) is 0. The second-order valence-corrected chi connectivity index (χ2v) is 5.36. The summed E-state index contributed by atoms with van der Waals surface area (Å²) in [5, 5.41) is 0. The van der Waals surface area contributed by atoms with Crippen molar-refractivity contribution in [2.75, 3.05) is 26.2 Å². The van der Waals surface area contributed by atoms with Crippen molar-refractivity contribution in [2.45, 2.75) is 25.5 Å². The van der Waals surface area contributed by atoms with Crippen molar-refractivity contribution in [3.05, 3.63) is 35.9 Å². The molecule has 3 nitrogen and oxygen atoms in total. The van der Waals surface area contributed by atoms with Gasteiger partial charge < -0.3 is 10.5 Å². The van der Waals surface area contributed by atoms with Gasteiger partial charge >= 0.3 is 0 Å². The minimum absolute atomic E-state index is 0.0470. The number of nitrogens with two attached hydrogens (primary N) is 1. The standard InChI is InChI=1S/C14H22N2O/c1-14(2)11-16(8-9-17-14)10-13(15)12-6-4-3-5-7-12/h3-7,13H,8-11,15H2,1-2H3/t13-/m0/s1. The Morgan fingerprint density at radius 2 is 2.06 bits per heavy atom. The molecule has 2 N–H and O–H groups in total. The van der Waals surface area contributed by atoms with Crippen LogP contribution in [0.1, 0.15) is 25.5 Å². The Labute approximate surface area is 104 Å². The molecule has 94 valence electrons. The van der Waals surface area contributed by atoms with E-state index in [1.54, 1.807) is 0 Å². The van der Waals surface area contributed by atoms with Crippen LogP contribution < -0.4 is 5.73 Å². The maximum atomic E-state index is 6.23. The van der Waals surface area contributed by atoms with E-state index in [1.165, 1.54) is 5.56 Å². The number of rotatable bonds is 3. The van der Waals surface area contributed by atoms with Gasteiger partial charge in [0.2, 0.25) is 0 Å². The number of hydrogen-bond donors (Lipinski definition) is 1. The lowest BCUT2D eigenvalue weighted by Gasteiger charge is -2.39. The van der Waals surface area contributed by atoms with Crippen molar-refractivity contribution in [1.29, 1.82) is 0 Å². The topological polar surface area (TPSA) is 38.5 Å². The molecule has 0 spiro atoms. The van der Waals surface area contributed by atoms with Crippen LogP contribution in [-0.2, 0) is 4.74 Å². The smallest absolute Gasteiger partial charge is 0.0753 e. The lowest BCUT2D eigenvalue weighted by Crippen LogP contribution is -2.50. The van der Waals surface area contributed by atoms with Gasteiger partial charge in [0.25, 0.3) is 0 Å². The second-order valence-electron chi connectivity index (χ2n) is 5.36. The van der Waals surface area contributed by atoms with Crippen LogP contribution >= 0.6 is 0 Å². The Morgan fingerprint density at radius 3 is 2.71 bits per heavy atom. The fraction of sp³-hybridized carbons (Fsp3) is 0.571. The molecule has 0 aliphatic carbocycles. The number of nitrogens with zero attached hydrogens (tertiary/aromatic N) is 1. The van der Waals surface area contributed by atoms with Crippen LogP contribution in [0.2, 0.25) is 0 Å². The summed E-state index contributed by atoms with van der Waals surface area (Å²) in [5.41, 5.74) is 7.39. The van der Waals surface area contributed by atoms with Crippen LogP contribution in [0, 0.1) is 0 Å². The highest BCUT2D eigenvalue weighted by atomic mass is 16.5. The van der Waals surface area contributed by atoms with E-state index in [4.69, 9.17) is 10.5 Å². The lowest BCUT2D eigenvalue weighted by molar-refractivity contribution is -0.0869. The third-order valence-electron chi connectivity index (χ3n) is 3.19. The fourth-order valence-corrected chi connectivity index (χ4v) is 2.35. The van der Waals surface area contributed by atoms with E-state index in [2.05, 4.69) is 30.9 Å². The van der Waals surface area contributed by atoms with E-state index >= 15 is 0 Å².